The molecule has 2 rings (SSSR count). The summed E-state index contributed by atoms with van der Waals surface area (Å²) < 4.78 is 11.1. The van der Waals surface area contributed by atoms with Gasteiger partial charge in [-0.3, -0.25) is 4.90 Å². The lowest BCUT2D eigenvalue weighted by atomic mass is 10.1. The summed E-state index contributed by atoms with van der Waals surface area (Å²) in [6, 6.07) is 0. The van der Waals surface area contributed by atoms with Crippen LogP contribution >= 0.6 is 0 Å². The molecule has 0 amide bonds. The maximum Gasteiger partial charge on any atom is 0.0936 e. The summed E-state index contributed by atoms with van der Waals surface area (Å²) in [5.41, 5.74) is 0. The highest BCUT2D eigenvalue weighted by atomic mass is 16.6. The van der Waals surface area contributed by atoms with Gasteiger partial charge in [0.25, 0.3) is 0 Å². The molecule has 0 saturated carbocycles. The smallest absolute Gasteiger partial charge is 0.0936 e. The maximum atomic E-state index is 5.81. The predicted octanol–water partition coefficient (Wildman–Crippen LogP) is 1.13. The molecular weight excluding hydrogens is 178 g/mol. The van der Waals surface area contributed by atoms with E-state index in [9.17, 15) is 0 Å². The van der Waals surface area contributed by atoms with Crippen molar-refractivity contribution in [1.29, 1.82) is 0 Å². The Labute approximate surface area is 86.4 Å². The van der Waals surface area contributed by atoms with E-state index in [0.29, 0.717) is 18.1 Å². The van der Waals surface area contributed by atoms with Crippen molar-refractivity contribution in [3.8, 4) is 0 Å². The summed E-state index contributed by atoms with van der Waals surface area (Å²) in [6.45, 7) is 9.71. The minimum Gasteiger partial charge on any atom is -0.377 e. The number of epoxide rings is 1. The highest BCUT2D eigenvalue weighted by Crippen LogP contribution is 2.17. The van der Waals surface area contributed by atoms with Crippen LogP contribution in [0.25, 0.3) is 0 Å². The summed E-state index contributed by atoms with van der Waals surface area (Å²) in [4.78, 5) is 2.50. The minimum absolute atomic E-state index is 0.413. The fourth-order valence-corrected chi connectivity index (χ4v) is 1.95. The van der Waals surface area contributed by atoms with E-state index in [0.717, 1.165) is 32.7 Å². The van der Waals surface area contributed by atoms with E-state index >= 15 is 0 Å². The van der Waals surface area contributed by atoms with Gasteiger partial charge in [-0.05, 0) is 12.3 Å². The molecule has 2 aliphatic rings. The average Bonchev–Trinajstić information content (AvgIpc) is 2.92. The Kier molecular flexibility index (Phi) is 3.42. The fourth-order valence-electron chi connectivity index (χ4n) is 1.95. The van der Waals surface area contributed by atoms with Gasteiger partial charge in [0, 0.05) is 26.2 Å². The average molecular weight is 199 g/mol. The molecule has 2 heterocycles. The van der Waals surface area contributed by atoms with E-state index in [1.807, 2.05) is 0 Å². The Hall–Kier alpha value is -0.120. The number of rotatable bonds is 3. The monoisotopic (exact) mass is 199 g/mol. The molecule has 0 bridgehead atoms. The third kappa shape index (κ3) is 2.94. The fraction of sp³-hybridized carbons (Fsp3) is 1.00. The standard InChI is InChI=1S/C11H21NO2/c1-9(2)11-7-12(4-3-5-13-11)6-10-8-14-10/h9-11H,3-8H2,1-2H3/t10-,11?/m0/s1. The summed E-state index contributed by atoms with van der Waals surface area (Å²) in [5, 5.41) is 0. The Morgan fingerprint density at radius 1 is 1.36 bits per heavy atom. The lowest BCUT2D eigenvalue weighted by Gasteiger charge is -2.25. The molecule has 2 saturated heterocycles. The molecule has 0 radical (unpaired) electrons. The lowest BCUT2D eigenvalue weighted by Crippen LogP contribution is -2.36. The van der Waals surface area contributed by atoms with E-state index in [-0.39, 0.29) is 0 Å². The zero-order valence-electron chi connectivity index (χ0n) is 9.24. The van der Waals surface area contributed by atoms with Crippen molar-refractivity contribution in [2.45, 2.75) is 32.5 Å². The highest BCUT2D eigenvalue weighted by Gasteiger charge is 2.28. The van der Waals surface area contributed by atoms with Gasteiger partial charge in [0.1, 0.15) is 0 Å². The Bertz CT molecular complexity index is 180. The van der Waals surface area contributed by atoms with Crippen LogP contribution in [0.2, 0.25) is 0 Å². The van der Waals surface area contributed by atoms with Gasteiger partial charge in [-0.1, -0.05) is 13.8 Å². The second-order valence-electron chi connectivity index (χ2n) is 4.72. The van der Waals surface area contributed by atoms with Gasteiger partial charge in [0.05, 0.1) is 18.8 Å². The molecule has 0 aromatic heterocycles. The third-order valence-electron chi connectivity index (χ3n) is 3.00. The van der Waals surface area contributed by atoms with Gasteiger partial charge in [0.2, 0.25) is 0 Å². The molecule has 14 heavy (non-hydrogen) atoms. The van der Waals surface area contributed by atoms with Gasteiger partial charge in [-0.15, -0.1) is 0 Å². The van der Waals surface area contributed by atoms with E-state index < -0.39 is 0 Å². The van der Waals surface area contributed by atoms with Crippen molar-refractivity contribution in [1.82, 2.24) is 4.90 Å². The summed E-state index contributed by atoms with van der Waals surface area (Å²) >= 11 is 0. The molecule has 2 aliphatic heterocycles. The summed E-state index contributed by atoms with van der Waals surface area (Å²) in [7, 11) is 0. The zero-order valence-corrected chi connectivity index (χ0v) is 9.24. The molecule has 1 unspecified atom stereocenters. The predicted molar refractivity (Wildman–Crippen MR) is 55.4 cm³/mol. The topological polar surface area (TPSA) is 25.0 Å². The number of ether oxygens (including phenoxy) is 2. The van der Waals surface area contributed by atoms with Crippen molar-refractivity contribution < 1.29 is 9.47 Å². The molecule has 0 N–H and O–H groups in total. The van der Waals surface area contributed by atoms with Crippen molar-refractivity contribution in [2.75, 3.05) is 32.8 Å². The molecule has 0 aliphatic carbocycles. The van der Waals surface area contributed by atoms with Crippen LogP contribution in [-0.4, -0.2) is 50.0 Å². The molecule has 0 aromatic rings. The van der Waals surface area contributed by atoms with Crippen LogP contribution in [0.5, 0.6) is 0 Å². The Morgan fingerprint density at radius 3 is 2.79 bits per heavy atom. The van der Waals surface area contributed by atoms with Gasteiger partial charge >= 0.3 is 0 Å². The first-order valence-corrected chi connectivity index (χ1v) is 5.71. The number of hydrogen-bond donors (Lipinski definition) is 0. The minimum atomic E-state index is 0.413. The third-order valence-corrected chi connectivity index (χ3v) is 3.00. The van der Waals surface area contributed by atoms with Crippen LogP contribution in [0.4, 0.5) is 0 Å². The van der Waals surface area contributed by atoms with Crippen LogP contribution in [0.1, 0.15) is 20.3 Å². The lowest BCUT2D eigenvalue weighted by molar-refractivity contribution is 0.0224. The summed E-state index contributed by atoms with van der Waals surface area (Å²) in [5.74, 6) is 0.621. The van der Waals surface area contributed by atoms with Gasteiger partial charge < -0.3 is 9.47 Å². The van der Waals surface area contributed by atoms with Gasteiger partial charge in [0.15, 0.2) is 0 Å². The molecule has 0 aromatic carbocycles. The van der Waals surface area contributed by atoms with Gasteiger partial charge in [-0.25, -0.2) is 0 Å². The quantitative estimate of drug-likeness (QED) is 0.637. The van der Waals surface area contributed by atoms with Crippen LogP contribution in [0.3, 0.4) is 0 Å². The van der Waals surface area contributed by atoms with Crippen LogP contribution in [0, 0.1) is 5.92 Å². The maximum absolute atomic E-state index is 5.81. The molecule has 2 fully saturated rings. The molecule has 3 nitrogen and oxygen atoms in total. The van der Waals surface area contributed by atoms with Crippen molar-refractivity contribution in [3.05, 3.63) is 0 Å². The van der Waals surface area contributed by atoms with E-state index in [1.54, 1.807) is 0 Å². The number of hydrogen-bond acceptors (Lipinski definition) is 3. The number of nitrogens with zero attached hydrogens (tertiary/aromatic N) is 1. The van der Waals surface area contributed by atoms with E-state index in [1.165, 1.54) is 6.54 Å². The Balaban J connectivity index is 1.82. The molecular formula is C11H21NO2. The van der Waals surface area contributed by atoms with Crippen molar-refractivity contribution in [2.24, 2.45) is 5.92 Å². The van der Waals surface area contributed by atoms with Crippen LogP contribution in [-0.2, 0) is 9.47 Å². The van der Waals surface area contributed by atoms with Crippen LogP contribution < -0.4 is 0 Å². The molecule has 0 spiro atoms. The van der Waals surface area contributed by atoms with Crippen molar-refractivity contribution in [3.63, 3.8) is 0 Å². The van der Waals surface area contributed by atoms with Gasteiger partial charge in [-0.2, -0.15) is 0 Å². The second kappa shape index (κ2) is 4.60. The van der Waals surface area contributed by atoms with E-state index in [2.05, 4.69) is 18.7 Å². The highest BCUT2D eigenvalue weighted by molar-refractivity contribution is 4.79. The largest absolute Gasteiger partial charge is 0.377 e. The Morgan fingerprint density at radius 2 is 2.14 bits per heavy atom. The summed E-state index contributed by atoms with van der Waals surface area (Å²) in [6.07, 6.45) is 2.09. The second-order valence-corrected chi connectivity index (χ2v) is 4.72. The first-order chi connectivity index (χ1) is 6.75. The van der Waals surface area contributed by atoms with Crippen molar-refractivity contribution >= 4 is 0 Å². The molecule has 2 atom stereocenters. The molecule has 3 heteroatoms. The normalized spacial score (nSPS) is 34.5. The zero-order chi connectivity index (χ0) is 9.97. The SMILES string of the molecule is CC(C)C1CN(C[C@H]2CO2)CCCO1. The molecule has 82 valence electrons. The van der Waals surface area contributed by atoms with E-state index in [4.69, 9.17) is 9.47 Å². The first kappa shape index (κ1) is 10.4. The first-order valence-electron chi connectivity index (χ1n) is 5.71. The van der Waals surface area contributed by atoms with Crippen LogP contribution in [0.15, 0.2) is 0 Å².